The maximum atomic E-state index is 11.8. The summed E-state index contributed by atoms with van der Waals surface area (Å²) in [6.45, 7) is -0.116. The zero-order valence-corrected chi connectivity index (χ0v) is 13.0. The van der Waals surface area contributed by atoms with E-state index in [1.807, 2.05) is 12.1 Å². The third-order valence-corrected chi connectivity index (χ3v) is 3.42. The number of aliphatic hydroxyl groups is 1. The van der Waals surface area contributed by atoms with Crippen LogP contribution in [0.3, 0.4) is 0 Å². The fourth-order valence-corrected chi connectivity index (χ4v) is 2.03. The molecule has 0 amide bonds. The van der Waals surface area contributed by atoms with Gasteiger partial charge >= 0.3 is 5.69 Å². The molecule has 0 bridgehead atoms. The van der Waals surface area contributed by atoms with Crippen molar-refractivity contribution in [3.8, 4) is 5.75 Å². The van der Waals surface area contributed by atoms with Gasteiger partial charge in [-0.1, -0.05) is 15.9 Å². The minimum Gasteiger partial charge on any atom is -0.491 e. The number of halogens is 1. The van der Waals surface area contributed by atoms with Crippen LogP contribution in [-0.2, 0) is 13.6 Å². The molecule has 1 aromatic heterocycles. The highest BCUT2D eigenvalue weighted by Gasteiger charge is 2.11. The van der Waals surface area contributed by atoms with Crippen molar-refractivity contribution >= 4 is 15.9 Å². The Morgan fingerprint density at radius 3 is 2.57 bits per heavy atom. The summed E-state index contributed by atoms with van der Waals surface area (Å²) < 4.78 is 8.60. The van der Waals surface area contributed by atoms with Crippen molar-refractivity contribution in [2.75, 3.05) is 6.61 Å². The molecular formula is C14H15BrN2O4. The van der Waals surface area contributed by atoms with Crippen LogP contribution in [0, 0.1) is 0 Å². The van der Waals surface area contributed by atoms with Crippen molar-refractivity contribution in [1.29, 1.82) is 0 Å². The van der Waals surface area contributed by atoms with Crippen LogP contribution >= 0.6 is 15.9 Å². The Balaban J connectivity index is 2.01. The van der Waals surface area contributed by atoms with E-state index in [1.54, 1.807) is 19.2 Å². The van der Waals surface area contributed by atoms with Gasteiger partial charge in [-0.2, -0.15) is 0 Å². The zero-order chi connectivity index (χ0) is 15.4. The van der Waals surface area contributed by atoms with Gasteiger partial charge in [0.1, 0.15) is 18.5 Å². The molecule has 112 valence electrons. The maximum absolute atomic E-state index is 11.8. The second-order valence-electron chi connectivity index (χ2n) is 4.58. The molecule has 0 fully saturated rings. The molecule has 0 aliphatic heterocycles. The van der Waals surface area contributed by atoms with E-state index < -0.39 is 17.4 Å². The van der Waals surface area contributed by atoms with Crippen LogP contribution in [-0.4, -0.2) is 27.0 Å². The van der Waals surface area contributed by atoms with Crippen molar-refractivity contribution in [1.82, 2.24) is 9.13 Å². The fraction of sp³-hybridized carbons (Fsp3) is 0.286. The summed E-state index contributed by atoms with van der Waals surface area (Å²) in [7, 11) is 1.54. The third kappa shape index (κ3) is 4.05. The van der Waals surface area contributed by atoms with E-state index in [0.717, 1.165) is 9.04 Å². The van der Waals surface area contributed by atoms with Crippen LogP contribution in [0.4, 0.5) is 0 Å². The molecule has 1 atom stereocenters. The van der Waals surface area contributed by atoms with E-state index >= 15 is 0 Å². The third-order valence-electron chi connectivity index (χ3n) is 2.89. The Hall–Kier alpha value is -1.86. The first-order valence-electron chi connectivity index (χ1n) is 6.30. The molecule has 0 radical (unpaired) electrons. The summed E-state index contributed by atoms with van der Waals surface area (Å²) in [5.74, 6) is 0.602. The number of rotatable bonds is 5. The smallest absolute Gasteiger partial charge is 0.330 e. The number of benzene rings is 1. The number of aromatic nitrogens is 2. The number of aliphatic hydroxyl groups excluding tert-OH is 1. The van der Waals surface area contributed by atoms with Gasteiger partial charge in [0.15, 0.2) is 0 Å². The molecule has 0 saturated carbocycles. The van der Waals surface area contributed by atoms with Crippen molar-refractivity contribution < 1.29 is 9.84 Å². The van der Waals surface area contributed by atoms with Gasteiger partial charge in [0.25, 0.3) is 5.56 Å². The first-order chi connectivity index (χ1) is 9.97. The number of hydrogen-bond donors (Lipinski definition) is 1. The topological polar surface area (TPSA) is 73.5 Å². The molecule has 1 heterocycles. The van der Waals surface area contributed by atoms with Gasteiger partial charge in [-0.15, -0.1) is 0 Å². The van der Waals surface area contributed by atoms with E-state index in [-0.39, 0.29) is 13.2 Å². The van der Waals surface area contributed by atoms with Crippen molar-refractivity contribution in [2.45, 2.75) is 12.6 Å². The zero-order valence-electron chi connectivity index (χ0n) is 11.4. The maximum Gasteiger partial charge on any atom is 0.330 e. The van der Waals surface area contributed by atoms with E-state index in [9.17, 15) is 14.7 Å². The van der Waals surface area contributed by atoms with Crippen LogP contribution in [0.25, 0.3) is 0 Å². The molecule has 0 spiro atoms. The number of nitrogens with zero attached hydrogens (tertiary/aromatic N) is 2. The van der Waals surface area contributed by atoms with E-state index in [2.05, 4.69) is 15.9 Å². The predicted octanol–water partition coefficient (Wildman–Crippen LogP) is 0.749. The number of hydrogen-bond acceptors (Lipinski definition) is 4. The standard InChI is InChI=1S/C14H15BrN2O4/c1-16-7-6-13(19)17(14(16)20)8-11(18)9-21-12-4-2-10(15)3-5-12/h2-7,11,18H,8-9H2,1H3. The lowest BCUT2D eigenvalue weighted by molar-refractivity contribution is 0.0901. The van der Waals surface area contributed by atoms with Gasteiger partial charge in [0.05, 0.1) is 6.54 Å². The predicted molar refractivity (Wildman–Crippen MR) is 81.6 cm³/mol. The van der Waals surface area contributed by atoms with Crippen LogP contribution in [0.1, 0.15) is 0 Å². The number of ether oxygens (including phenoxy) is 1. The molecule has 0 saturated heterocycles. The molecule has 2 aromatic rings. The van der Waals surface area contributed by atoms with Crippen molar-refractivity contribution in [3.05, 3.63) is 61.8 Å². The van der Waals surface area contributed by atoms with Crippen LogP contribution < -0.4 is 16.0 Å². The minimum absolute atomic E-state index is 0.00782. The minimum atomic E-state index is -0.957. The van der Waals surface area contributed by atoms with E-state index in [0.29, 0.717) is 5.75 Å². The molecule has 21 heavy (non-hydrogen) atoms. The van der Waals surface area contributed by atoms with Gasteiger partial charge in [0.2, 0.25) is 0 Å². The molecule has 1 N–H and O–H groups in total. The monoisotopic (exact) mass is 354 g/mol. The Labute approximate surface area is 129 Å². The first-order valence-corrected chi connectivity index (χ1v) is 7.09. The summed E-state index contributed by atoms with van der Waals surface area (Å²) in [6, 6.07) is 8.43. The molecule has 2 rings (SSSR count). The Kier molecular flexibility index (Phi) is 4.98. The van der Waals surface area contributed by atoms with E-state index in [4.69, 9.17) is 4.74 Å². The molecule has 7 heteroatoms. The lowest BCUT2D eigenvalue weighted by atomic mass is 10.3. The van der Waals surface area contributed by atoms with Crippen LogP contribution in [0.15, 0.2) is 50.6 Å². The highest BCUT2D eigenvalue weighted by molar-refractivity contribution is 9.10. The van der Waals surface area contributed by atoms with Gasteiger partial charge in [0, 0.05) is 23.8 Å². The Bertz CT molecular complexity index is 721. The van der Waals surface area contributed by atoms with Crippen molar-refractivity contribution in [3.63, 3.8) is 0 Å². The Morgan fingerprint density at radius 1 is 1.24 bits per heavy atom. The van der Waals surface area contributed by atoms with Crippen LogP contribution in [0.5, 0.6) is 5.75 Å². The van der Waals surface area contributed by atoms with Crippen LogP contribution in [0.2, 0.25) is 0 Å². The molecule has 1 unspecified atom stereocenters. The summed E-state index contributed by atoms with van der Waals surface area (Å²) in [6.07, 6.45) is 0.438. The van der Waals surface area contributed by atoms with Gasteiger partial charge in [-0.05, 0) is 24.3 Å². The summed E-state index contributed by atoms with van der Waals surface area (Å²) >= 11 is 3.31. The summed E-state index contributed by atoms with van der Waals surface area (Å²) in [5, 5.41) is 9.92. The number of aryl methyl sites for hydroxylation is 1. The molecular weight excluding hydrogens is 340 g/mol. The Morgan fingerprint density at radius 2 is 1.90 bits per heavy atom. The van der Waals surface area contributed by atoms with Crippen molar-refractivity contribution in [2.24, 2.45) is 7.05 Å². The van der Waals surface area contributed by atoms with Gasteiger partial charge < -0.3 is 14.4 Å². The second kappa shape index (κ2) is 6.73. The normalized spacial score (nSPS) is 12.1. The van der Waals surface area contributed by atoms with E-state index in [1.165, 1.54) is 16.8 Å². The SMILES string of the molecule is Cn1ccc(=O)n(CC(O)COc2ccc(Br)cc2)c1=O. The molecule has 1 aromatic carbocycles. The average Bonchev–Trinajstić information content (AvgIpc) is 2.47. The lowest BCUT2D eigenvalue weighted by Crippen LogP contribution is -2.41. The molecule has 0 aliphatic carbocycles. The lowest BCUT2D eigenvalue weighted by Gasteiger charge is -2.14. The summed E-state index contributed by atoms with van der Waals surface area (Å²) in [4.78, 5) is 23.4. The summed E-state index contributed by atoms with van der Waals surface area (Å²) in [5.41, 5.74) is -0.911. The van der Waals surface area contributed by atoms with Gasteiger partial charge in [-0.25, -0.2) is 4.79 Å². The first kappa shape index (κ1) is 15.5. The molecule has 0 aliphatic rings. The average molecular weight is 355 g/mol. The molecule has 6 nitrogen and oxygen atoms in total. The highest BCUT2D eigenvalue weighted by atomic mass is 79.9. The second-order valence-corrected chi connectivity index (χ2v) is 5.49. The largest absolute Gasteiger partial charge is 0.491 e. The fourth-order valence-electron chi connectivity index (χ4n) is 1.77. The quantitative estimate of drug-likeness (QED) is 0.859. The van der Waals surface area contributed by atoms with Gasteiger partial charge in [-0.3, -0.25) is 9.36 Å². The highest BCUT2D eigenvalue weighted by Crippen LogP contribution is 2.16.